The summed E-state index contributed by atoms with van der Waals surface area (Å²) in [5.74, 6) is 0. The van der Waals surface area contributed by atoms with Crippen LogP contribution < -0.4 is 5.32 Å². The van der Waals surface area contributed by atoms with Crippen molar-refractivity contribution in [1.29, 1.82) is 0 Å². The standard InChI is InChI=1S/C14H30N2O2/c1-11(17)8-14(5,6)9-15-12(18)16(7)10-13(2,3)4/h11,17H,8-10H2,1-7H3,(H,15,18). The molecule has 108 valence electrons. The van der Waals surface area contributed by atoms with Gasteiger partial charge in [0.05, 0.1) is 6.10 Å². The van der Waals surface area contributed by atoms with E-state index in [1.54, 1.807) is 11.8 Å². The highest BCUT2D eigenvalue weighted by Crippen LogP contribution is 2.21. The Hall–Kier alpha value is -0.770. The smallest absolute Gasteiger partial charge is 0.317 e. The predicted octanol–water partition coefficient (Wildman–Crippen LogP) is 2.47. The molecule has 0 aromatic carbocycles. The molecule has 0 radical (unpaired) electrons. The summed E-state index contributed by atoms with van der Waals surface area (Å²) in [5, 5.41) is 12.3. The summed E-state index contributed by atoms with van der Waals surface area (Å²) in [6.45, 7) is 13.5. The molecule has 0 aliphatic rings. The number of rotatable bonds is 5. The van der Waals surface area contributed by atoms with Crippen molar-refractivity contribution in [3.05, 3.63) is 0 Å². The second kappa shape index (κ2) is 6.41. The lowest BCUT2D eigenvalue weighted by Gasteiger charge is -2.30. The molecule has 0 saturated carbocycles. The molecule has 1 unspecified atom stereocenters. The molecule has 4 heteroatoms. The molecule has 0 spiro atoms. The van der Waals surface area contributed by atoms with E-state index in [0.717, 1.165) is 6.54 Å². The molecule has 0 aliphatic heterocycles. The summed E-state index contributed by atoms with van der Waals surface area (Å²) < 4.78 is 0. The first-order chi connectivity index (χ1) is 7.93. The highest BCUT2D eigenvalue weighted by atomic mass is 16.3. The Bertz CT molecular complexity index is 267. The van der Waals surface area contributed by atoms with Crippen LogP contribution in [0.3, 0.4) is 0 Å². The van der Waals surface area contributed by atoms with Crippen LogP contribution in [0.25, 0.3) is 0 Å². The number of aliphatic hydroxyl groups excluding tert-OH is 1. The number of hydrogen-bond acceptors (Lipinski definition) is 2. The van der Waals surface area contributed by atoms with Crippen LogP contribution in [0.5, 0.6) is 0 Å². The number of carbonyl (C=O) groups excluding carboxylic acids is 1. The van der Waals surface area contributed by atoms with Gasteiger partial charge in [-0.05, 0) is 24.2 Å². The second-order valence-electron chi connectivity index (χ2n) is 7.29. The van der Waals surface area contributed by atoms with Gasteiger partial charge in [-0.25, -0.2) is 4.79 Å². The molecule has 0 bridgehead atoms. The first-order valence-corrected chi connectivity index (χ1v) is 6.60. The Balaban J connectivity index is 4.17. The maximum atomic E-state index is 11.9. The number of urea groups is 1. The zero-order valence-electron chi connectivity index (χ0n) is 13.0. The van der Waals surface area contributed by atoms with Crippen molar-refractivity contribution in [2.45, 2.75) is 54.1 Å². The zero-order chi connectivity index (χ0) is 14.6. The molecule has 0 saturated heterocycles. The summed E-state index contributed by atoms with van der Waals surface area (Å²) in [5.41, 5.74) is 0.00756. The first kappa shape index (κ1) is 17.2. The predicted molar refractivity (Wildman–Crippen MR) is 75.6 cm³/mol. The Labute approximate surface area is 112 Å². The van der Waals surface area contributed by atoms with Gasteiger partial charge in [0.2, 0.25) is 0 Å². The summed E-state index contributed by atoms with van der Waals surface area (Å²) in [7, 11) is 1.81. The van der Waals surface area contributed by atoms with Crippen LogP contribution >= 0.6 is 0 Å². The third-order valence-electron chi connectivity index (χ3n) is 2.62. The van der Waals surface area contributed by atoms with Crippen molar-refractivity contribution in [3.63, 3.8) is 0 Å². The van der Waals surface area contributed by atoms with E-state index in [4.69, 9.17) is 0 Å². The average Bonchev–Trinajstić information content (AvgIpc) is 2.09. The van der Waals surface area contributed by atoms with Crippen LogP contribution in [-0.2, 0) is 0 Å². The van der Waals surface area contributed by atoms with Gasteiger partial charge in [0.1, 0.15) is 0 Å². The van der Waals surface area contributed by atoms with Gasteiger partial charge < -0.3 is 15.3 Å². The van der Waals surface area contributed by atoms with Gasteiger partial charge in [-0.1, -0.05) is 34.6 Å². The minimum Gasteiger partial charge on any atom is -0.393 e. The largest absolute Gasteiger partial charge is 0.393 e. The van der Waals surface area contributed by atoms with Crippen molar-refractivity contribution < 1.29 is 9.90 Å². The Kier molecular flexibility index (Phi) is 6.14. The maximum Gasteiger partial charge on any atom is 0.317 e. The zero-order valence-corrected chi connectivity index (χ0v) is 13.0. The Morgan fingerprint density at radius 3 is 2.17 bits per heavy atom. The van der Waals surface area contributed by atoms with Crippen molar-refractivity contribution in [3.8, 4) is 0 Å². The minimum absolute atomic E-state index is 0.0522. The van der Waals surface area contributed by atoms with Gasteiger partial charge in [-0.15, -0.1) is 0 Å². The van der Waals surface area contributed by atoms with E-state index in [1.165, 1.54) is 0 Å². The molecule has 0 heterocycles. The summed E-state index contributed by atoms with van der Waals surface area (Å²) in [4.78, 5) is 13.6. The third-order valence-corrected chi connectivity index (χ3v) is 2.62. The highest BCUT2D eigenvalue weighted by Gasteiger charge is 2.23. The van der Waals surface area contributed by atoms with Crippen LogP contribution in [0, 0.1) is 10.8 Å². The fraction of sp³-hybridized carbons (Fsp3) is 0.929. The van der Waals surface area contributed by atoms with E-state index in [2.05, 4.69) is 26.1 Å². The van der Waals surface area contributed by atoms with Crippen LogP contribution in [0.4, 0.5) is 4.79 Å². The van der Waals surface area contributed by atoms with Gasteiger partial charge in [-0.2, -0.15) is 0 Å². The Morgan fingerprint density at radius 1 is 1.28 bits per heavy atom. The van der Waals surface area contributed by atoms with Crippen molar-refractivity contribution >= 4 is 6.03 Å². The molecule has 0 rings (SSSR count). The number of nitrogens with one attached hydrogen (secondary N) is 1. The van der Waals surface area contributed by atoms with E-state index in [9.17, 15) is 9.90 Å². The lowest BCUT2D eigenvalue weighted by atomic mass is 9.87. The molecule has 18 heavy (non-hydrogen) atoms. The van der Waals surface area contributed by atoms with Gasteiger partial charge in [0, 0.05) is 20.1 Å². The van der Waals surface area contributed by atoms with Crippen LogP contribution in [0.2, 0.25) is 0 Å². The minimum atomic E-state index is -0.343. The molecule has 0 aromatic rings. The average molecular weight is 258 g/mol. The van der Waals surface area contributed by atoms with E-state index in [0.29, 0.717) is 13.0 Å². The van der Waals surface area contributed by atoms with E-state index in [-0.39, 0.29) is 23.0 Å². The maximum absolute atomic E-state index is 11.9. The quantitative estimate of drug-likeness (QED) is 0.796. The van der Waals surface area contributed by atoms with E-state index in [1.807, 2.05) is 20.9 Å². The van der Waals surface area contributed by atoms with Gasteiger partial charge in [0.15, 0.2) is 0 Å². The van der Waals surface area contributed by atoms with Crippen molar-refractivity contribution in [2.24, 2.45) is 10.8 Å². The summed E-state index contributed by atoms with van der Waals surface area (Å²) >= 11 is 0. The monoisotopic (exact) mass is 258 g/mol. The number of amides is 2. The Morgan fingerprint density at radius 2 is 1.78 bits per heavy atom. The van der Waals surface area contributed by atoms with Crippen LogP contribution in [0.15, 0.2) is 0 Å². The molecule has 1 atom stereocenters. The normalized spacial score (nSPS) is 14.2. The van der Waals surface area contributed by atoms with E-state index < -0.39 is 0 Å². The molecular formula is C14H30N2O2. The molecule has 0 aliphatic carbocycles. The van der Waals surface area contributed by atoms with Crippen molar-refractivity contribution in [1.82, 2.24) is 10.2 Å². The second-order valence-corrected chi connectivity index (χ2v) is 7.29. The molecule has 2 N–H and O–H groups in total. The highest BCUT2D eigenvalue weighted by molar-refractivity contribution is 5.73. The fourth-order valence-electron chi connectivity index (χ4n) is 2.11. The molecule has 0 aromatic heterocycles. The van der Waals surface area contributed by atoms with Crippen LogP contribution in [-0.4, -0.2) is 42.3 Å². The molecular weight excluding hydrogens is 228 g/mol. The SMILES string of the molecule is CC(O)CC(C)(C)CNC(=O)N(C)CC(C)(C)C. The summed E-state index contributed by atoms with van der Waals surface area (Å²) in [6.07, 6.45) is 0.334. The topological polar surface area (TPSA) is 52.6 Å². The number of aliphatic hydroxyl groups is 1. The number of hydrogen-bond donors (Lipinski definition) is 2. The lowest BCUT2D eigenvalue weighted by molar-refractivity contribution is 0.126. The van der Waals surface area contributed by atoms with Gasteiger partial charge in [0.25, 0.3) is 0 Å². The summed E-state index contributed by atoms with van der Waals surface area (Å²) in [6, 6.07) is -0.0522. The van der Waals surface area contributed by atoms with Crippen LogP contribution in [0.1, 0.15) is 48.0 Å². The number of carbonyl (C=O) groups is 1. The third kappa shape index (κ3) is 8.34. The van der Waals surface area contributed by atoms with Gasteiger partial charge in [-0.3, -0.25) is 0 Å². The molecule has 4 nitrogen and oxygen atoms in total. The molecule has 2 amide bonds. The molecule has 0 fully saturated rings. The van der Waals surface area contributed by atoms with Crippen molar-refractivity contribution in [2.75, 3.05) is 20.1 Å². The van der Waals surface area contributed by atoms with Gasteiger partial charge >= 0.3 is 6.03 Å². The first-order valence-electron chi connectivity index (χ1n) is 6.60. The fourth-order valence-corrected chi connectivity index (χ4v) is 2.11. The van der Waals surface area contributed by atoms with E-state index >= 15 is 0 Å². The lowest BCUT2D eigenvalue weighted by Crippen LogP contribution is -2.44. The number of nitrogens with zero attached hydrogens (tertiary/aromatic N) is 1.